The van der Waals surface area contributed by atoms with Crippen LogP contribution in [0.2, 0.25) is 0 Å². The van der Waals surface area contributed by atoms with Crippen molar-refractivity contribution in [1.82, 2.24) is 14.5 Å². The molecule has 6 nitrogen and oxygen atoms in total. The minimum Gasteiger partial charge on any atom is -0.497 e. The highest BCUT2D eigenvalue weighted by Gasteiger charge is 2.11. The lowest BCUT2D eigenvalue weighted by molar-refractivity contribution is 0.414. The molecule has 0 aliphatic heterocycles. The van der Waals surface area contributed by atoms with E-state index < -0.39 is 0 Å². The van der Waals surface area contributed by atoms with E-state index >= 15 is 0 Å². The van der Waals surface area contributed by atoms with Crippen LogP contribution in [0, 0.1) is 0 Å². The maximum absolute atomic E-state index is 13.4. The summed E-state index contributed by atoms with van der Waals surface area (Å²) in [5.74, 6) is 2.04. The Balaban J connectivity index is 1.68. The summed E-state index contributed by atoms with van der Waals surface area (Å²) in [7, 11) is 3.26. The third-order valence-electron chi connectivity index (χ3n) is 5.47. The summed E-state index contributed by atoms with van der Waals surface area (Å²) < 4.78 is 12.2. The lowest BCUT2D eigenvalue weighted by Gasteiger charge is -2.12. The van der Waals surface area contributed by atoms with E-state index in [0.717, 1.165) is 28.0 Å². The summed E-state index contributed by atoms with van der Waals surface area (Å²) in [5, 5.41) is 1.59. The Labute approximate surface area is 184 Å². The van der Waals surface area contributed by atoms with Crippen LogP contribution in [0.4, 0.5) is 0 Å². The van der Waals surface area contributed by atoms with Gasteiger partial charge in [0.05, 0.1) is 30.8 Å². The molecule has 5 aromatic rings. The maximum Gasteiger partial charge on any atom is 0.266 e. The molecule has 0 fully saturated rings. The Kier molecular flexibility index (Phi) is 4.95. The van der Waals surface area contributed by atoms with Gasteiger partial charge < -0.3 is 14.5 Å². The van der Waals surface area contributed by atoms with E-state index in [9.17, 15) is 4.79 Å². The molecule has 0 saturated heterocycles. The largest absolute Gasteiger partial charge is 0.497 e. The number of nitrogens with one attached hydrogen (secondary N) is 1. The summed E-state index contributed by atoms with van der Waals surface area (Å²) >= 11 is 0. The number of nitrogens with zero attached hydrogens (tertiary/aromatic N) is 2. The molecule has 0 saturated carbocycles. The highest BCUT2D eigenvalue weighted by Crippen LogP contribution is 2.25. The van der Waals surface area contributed by atoms with Crippen LogP contribution in [-0.2, 0) is 0 Å². The zero-order chi connectivity index (χ0) is 22.1. The molecule has 0 amide bonds. The third kappa shape index (κ3) is 3.41. The van der Waals surface area contributed by atoms with E-state index in [1.165, 1.54) is 0 Å². The van der Waals surface area contributed by atoms with Gasteiger partial charge in [0, 0.05) is 22.7 Å². The average molecular weight is 423 g/mol. The van der Waals surface area contributed by atoms with Crippen molar-refractivity contribution in [2.45, 2.75) is 0 Å². The Morgan fingerprint density at radius 1 is 0.875 bits per heavy atom. The fourth-order valence-corrected chi connectivity index (χ4v) is 3.79. The van der Waals surface area contributed by atoms with Crippen molar-refractivity contribution in [3.05, 3.63) is 94.7 Å². The zero-order valence-electron chi connectivity index (χ0n) is 17.7. The molecular formula is C26H21N3O3. The third-order valence-corrected chi connectivity index (χ3v) is 5.47. The normalized spacial score (nSPS) is 11.4. The van der Waals surface area contributed by atoms with Crippen LogP contribution in [0.15, 0.2) is 77.7 Å². The van der Waals surface area contributed by atoms with Crippen molar-refractivity contribution < 1.29 is 9.47 Å². The smallest absolute Gasteiger partial charge is 0.266 e. The molecule has 0 spiro atoms. The number of aromatic nitrogens is 3. The Bertz CT molecular complexity index is 1510. The Morgan fingerprint density at radius 2 is 1.62 bits per heavy atom. The maximum atomic E-state index is 13.4. The van der Waals surface area contributed by atoms with Crippen molar-refractivity contribution >= 4 is 34.0 Å². The van der Waals surface area contributed by atoms with Gasteiger partial charge in [0.25, 0.3) is 5.56 Å². The molecule has 0 radical (unpaired) electrons. The van der Waals surface area contributed by atoms with Crippen LogP contribution in [0.3, 0.4) is 0 Å². The number of hydrogen-bond acceptors (Lipinski definition) is 4. The monoisotopic (exact) mass is 423 g/mol. The topological polar surface area (TPSA) is 69.1 Å². The number of hydrogen-bond donors (Lipinski definition) is 1. The van der Waals surface area contributed by atoms with E-state index in [0.29, 0.717) is 22.4 Å². The standard InChI is InChI=1S/C26H21N3O3/c1-31-19-10-8-18(9-11-19)29-25(28-24-6-4-3-5-21(24)26(29)30)14-7-17-16-27-23-13-12-20(32-2)15-22(17)23/h3-16,27H,1-2H3. The van der Waals surface area contributed by atoms with Gasteiger partial charge in [-0.2, -0.15) is 0 Å². The van der Waals surface area contributed by atoms with E-state index in [1.54, 1.807) is 24.9 Å². The van der Waals surface area contributed by atoms with E-state index in [2.05, 4.69) is 4.98 Å². The molecule has 0 aliphatic carbocycles. The Hall–Kier alpha value is -4.32. The van der Waals surface area contributed by atoms with Crippen molar-refractivity contribution in [3.63, 3.8) is 0 Å². The molecule has 158 valence electrons. The molecule has 6 heteroatoms. The molecule has 5 rings (SSSR count). The fourth-order valence-electron chi connectivity index (χ4n) is 3.79. The number of benzene rings is 3. The molecule has 32 heavy (non-hydrogen) atoms. The summed E-state index contributed by atoms with van der Waals surface area (Å²) in [4.78, 5) is 21.4. The fraction of sp³-hybridized carbons (Fsp3) is 0.0769. The van der Waals surface area contributed by atoms with E-state index in [4.69, 9.17) is 14.5 Å². The summed E-state index contributed by atoms with van der Waals surface area (Å²) in [5.41, 5.74) is 3.23. The van der Waals surface area contributed by atoms with Gasteiger partial charge in [-0.15, -0.1) is 0 Å². The number of H-pyrrole nitrogens is 1. The quantitative estimate of drug-likeness (QED) is 0.429. The second kappa shape index (κ2) is 8.07. The van der Waals surface area contributed by atoms with Crippen LogP contribution in [-0.4, -0.2) is 28.8 Å². The van der Waals surface area contributed by atoms with Crippen molar-refractivity contribution in [3.8, 4) is 17.2 Å². The van der Waals surface area contributed by atoms with Crippen LogP contribution >= 0.6 is 0 Å². The van der Waals surface area contributed by atoms with E-state index in [1.807, 2.05) is 79.0 Å². The number of rotatable bonds is 5. The van der Waals surface area contributed by atoms with Gasteiger partial charge in [-0.25, -0.2) is 4.98 Å². The molecule has 0 aliphatic rings. The molecule has 2 heterocycles. The predicted molar refractivity (Wildman–Crippen MR) is 128 cm³/mol. The zero-order valence-corrected chi connectivity index (χ0v) is 17.7. The predicted octanol–water partition coefficient (Wildman–Crippen LogP) is 5.05. The first-order valence-corrected chi connectivity index (χ1v) is 10.2. The average Bonchev–Trinajstić information content (AvgIpc) is 3.25. The van der Waals surface area contributed by atoms with Crippen LogP contribution in [0.25, 0.3) is 39.6 Å². The minimum absolute atomic E-state index is 0.124. The summed E-state index contributed by atoms with van der Waals surface area (Å²) in [6, 6.07) is 20.6. The lowest BCUT2D eigenvalue weighted by atomic mass is 10.1. The molecule has 0 atom stereocenters. The number of ether oxygens (including phenoxy) is 2. The van der Waals surface area contributed by atoms with Crippen molar-refractivity contribution in [2.75, 3.05) is 14.2 Å². The molecule has 1 N–H and O–H groups in total. The van der Waals surface area contributed by atoms with Crippen LogP contribution in [0.1, 0.15) is 11.4 Å². The second-order valence-electron chi connectivity index (χ2n) is 7.31. The van der Waals surface area contributed by atoms with Gasteiger partial charge in [0.1, 0.15) is 17.3 Å². The van der Waals surface area contributed by atoms with Crippen molar-refractivity contribution in [1.29, 1.82) is 0 Å². The first kappa shape index (κ1) is 19.6. The summed E-state index contributed by atoms with van der Waals surface area (Å²) in [6.45, 7) is 0. The number of methoxy groups -OCH3 is 2. The van der Waals surface area contributed by atoms with Gasteiger partial charge in [0.15, 0.2) is 0 Å². The second-order valence-corrected chi connectivity index (χ2v) is 7.31. The number of aromatic amines is 1. The van der Waals surface area contributed by atoms with Gasteiger partial charge in [0.2, 0.25) is 0 Å². The van der Waals surface area contributed by atoms with Crippen LogP contribution < -0.4 is 15.0 Å². The van der Waals surface area contributed by atoms with E-state index in [-0.39, 0.29) is 5.56 Å². The molecule has 0 bridgehead atoms. The molecule has 3 aromatic carbocycles. The first-order chi connectivity index (χ1) is 15.7. The Morgan fingerprint density at radius 3 is 2.41 bits per heavy atom. The van der Waals surface area contributed by atoms with Gasteiger partial charge >= 0.3 is 0 Å². The SMILES string of the molecule is COc1ccc(-n2c(C=Cc3c[nH]c4ccc(OC)cc34)nc3ccccc3c2=O)cc1. The van der Waals surface area contributed by atoms with Gasteiger partial charge in [-0.3, -0.25) is 9.36 Å². The highest BCUT2D eigenvalue weighted by atomic mass is 16.5. The highest BCUT2D eigenvalue weighted by molar-refractivity contribution is 5.92. The minimum atomic E-state index is -0.124. The first-order valence-electron chi connectivity index (χ1n) is 10.2. The number of fused-ring (bicyclic) bond motifs is 2. The molecule has 2 aromatic heterocycles. The van der Waals surface area contributed by atoms with Crippen LogP contribution in [0.5, 0.6) is 11.5 Å². The van der Waals surface area contributed by atoms with Crippen molar-refractivity contribution in [2.24, 2.45) is 0 Å². The lowest BCUT2D eigenvalue weighted by Crippen LogP contribution is -2.22. The molecule has 0 unspecified atom stereocenters. The number of para-hydroxylation sites is 1. The van der Waals surface area contributed by atoms with Gasteiger partial charge in [-0.1, -0.05) is 12.1 Å². The summed E-state index contributed by atoms with van der Waals surface area (Å²) in [6.07, 6.45) is 5.74. The van der Waals surface area contributed by atoms with Gasteiger partial charge in [-0.05, 0) is 66.7 Å². The molecular weight excluding hydrogens is 402 g/mol.